The summed E-state index contributed by atoms with van der Waals surface area (Å²) in [6.07, 6.45) is 2.90. The van der Waals surface area contributed by atoms with Gasteiger partial charge in [0, 0.05) is 19.5 Å². The van der Waals surface area contributed by atoms with E-state index in [9.17, 15) is 9.59 Å². The van der Waals surface area contributed by atoms with Crippen molar-refractivity contribution in [2.75, 3.05) is 30.3 Å². The molecule has 2 fully saturated rings. The average Bonchev–Trinajstić information content (AvgIpc) is 2.73. The van der Waals surface area contributed by atoms with E-state index in [2.05, 4.69) is 4.98 Å². The molecule has 0 unspecified atom stereocenters. The summed E-state index contributed by atoms with van der Waals surface area (Å²) in [5.74, 6) is 0.401. The van der Waals surface area contributed by atoms with E-state index in [0.717, 1.165) is 6.42 Å². The molecule has 0 saturated carbocycles. The summed E-state index contributed by atoms with van der Waals surface area (Å²) in [6.45, 7) is 7.08. The fourth-order valence-electron chi connectivity index (χ4n) is 3.32. The van der Waals surface area contributed by atoms with E-state index < -0.39 is 11.2 Å². The molecule has 2 saturated heterocycles. The van der Waals surface area contributed by atoms with Crippen molar-refractivity contribution in [3.63, 3.8) is 0 Å². The second-order valence-electron chi connectivity index (χ2n) is 7.90. The van der Waals surface area contributed by atoms with Gasteiger partial charge in [0.25, 0.3) is 0 Å². The van der Waals surface area contributed by atoms with Gasteiger partial charge in [-0.15, -0.1) is 0 Å². The Morgan fingerprint density at radius 3 is 2.73 bits per heavy atom. The van der Waals surface area contributed by atoms with E-state index in [4.69, 9.17) is 15.2 Å². The van der Waals surface area contributed by atoms with E-state index >= 15 is 0 Å². The molecule has 0 aromatic carbocycles. The van der Waals surface area contributed by atoms with E-state index in [-0.39, 0.29) is 12.2 Å². The topological polar surface area (TPSA) is 98.0 Å². The molecule has 8 heteroatoms. The lowest BCUT2D eigenvalue weighted by Crippen LogP contribution is -2.39. The second kappa shape index (κ2) is 6.66. The lowest BCUT2D eigenvalue weighted by Gasteiger charge is -2.27. The maximum atomic E-state index is 12.4. The molecular formula is C18H26N4O4. The van der Waals surface area contributed by atoms with Crippen molar-refractivity contribution in [3.05, 3.63) is 18.3 Å². The van der Waals surface area contributed by atoms with E-state index in [1.54, 1.807) is 28.1 Å². The van der Waals surface area contributed by atoms with Gasteiger partial charge in [0.05, 0.1) is 18.4 Å². The van der Waals surface area contributed by atoms with Crippen LogP contribution in [-0.4, -0.2) is 52.9 Å². The molecule has 0 aliphatic carbocycles. The van der Waals surface area contributed by atoms with Crippen molar-refractivity contribution in [1.29, 1.82) is 0 Å². The Hall–Kier alpha value is -2.51. The van der Waals surface area contributed by atoms with Crippen molar-refractivity contribution in [2.24, 2.45) is 0 Å². The minimum atomic E-state index is -0.588. The van der Waals surface area contributed by atoms with Crippen LogP contribution in [0.1, 0.15) is 40.0 Å². The molecule has 8 nitrogen and oxygen atoms in total. The Labute approximate surface area is 153 Å². The summed E-state index contributed by atoms with van der Waals surface area (Å²) >= 11 is 0. The Morgan fingerprint density at radius 2 is 2.08 bits per heavy atom. The number of hydrogen-bond donors (Lipinski definition) is 1. The number of aromatic nitrogens is 1. The molecule has 2 aliphatic heterocycles. The van der Waals surface area contributed by atoms with Crippen LogP contribution in [0.3, 0.4) is 0 Å². The van der Waals surface area contributed by atoms with Gasteiger partial charge >= 0.3 is 12.2 Å². The first-order valence-electron chi connectivity index (χ1n) is 8.87. The van der Waals surface area contributed by atoms with Crippen LogP contribution in [-0.2, 0) is 9.47 Å². The maximum Gasteiger partial charge on any atom is 0.415 e. The number of pyridine rings is 1. The van der Waals surface area contributed by atoms with Gasteiger partial charge in [-0.2, -0.15) is 0 Å². The molecule has 1 spiro atoms. The smallest absolute Gasteiger partial charge is 0.415 e. The Kier molecular flexibility index (Phi) is 4.68. The predicted molar refractivity (Wildman–Crippen MR) is 96.9 cm³/mol. The lowest BCUT2D eigenvalue weighted by molar-refractivity contribution is 0.0217. The zero-order valence-electron chi connectivity index (χ0n) is 15.5. The highest BCUT2D eigenvalue weighted by molar-refractivity contribution is 5.90. The van der Waals surface area contributed by atoms with E-state index in [0.29, 0.717) is 44.0 Å². The van der Waals surface area contributed by atoms with Gasteiger partial charge in [0.2, 0.25) is 0 Å². The second-order valence-corrected chi connectivity index (χ2v) is 7.90. The third-order valence-electron chi connectivity index (χ3n) is 4.60. The van der Waals surface area contributed by atoms with Crippen LogP contribution >= 0.6 is 0 Å². The van der Waals surface area contributed by atoms with Crippen LogP contribution in [0.25, 0.3) is 0 Å². The fraction of sp³-hybridized carbons (Fsp3) is 0.611. The number of carbonyl (C=O) groups excluding carboxylic acids is 2. The van der Waals surface area contributed by atoms with E-state index in [1.165, 1.54) is 0 Å². The van der Waals surface area contributed by atoms with Crippen LogP contribution < -0.4 is 10.6 Å². The molecule has 3 heterocycles. The van der Waals surface area contributed by atoms with E-state index in [1.807, 2.05) is 20.8 Å². The summed E-state index contributed by atoms with van der Waals surface area (Å²) in [7, 11) is 0. The zero-order chi connectivity index (χ0) is 18.9. The predicted octanol–water partition coefficient (Wildman–Crippen LogP) is 2.78. The van der Waals surface area contributed by atoms with Crippen molar-refractivity contribution < 1.29 is 19.1 Å². The van der Waals surface area contributed by atoms with Crippen LogP contribution in [0.4, 0.5) is 21.1 Å². The first-order chi connectivity index (χ1) is 12.2. The third kappa shape index (κ3) is 4.00. The molecular weight excluding hydrogens is 336 g/mol. The largest absolute Gasteiger partial charge is 0.444 e. The first kappa shape index (κ1) is 18.3. The number of likely N-dealkylation sites (tertiary alicyclic amines) is 1. The molecule has 1 aromatic rings. The molecule has 0 radical (unpaired) electrons. The summed E-state index contributed by atoms with van der Waals surface area (Å²) in [4.78, 5) is 32.0. The molecule has 2 amide bonds. The first-order valence-corrected chi connectivity index (χ1v) is 8.87. The highest BCUT2D eigenvalue weighted by atomic mass is 16.6. The van der Waals surface area contributed by atoms with Gasteiger partial charge < -0.3 is 20.1 Å². The number of amides is 2. The molecule has 1 atom stereocenters. The monoisotopic (exact) mass is 362 g/mol. The fourth-order valence-corrected chi connectivity index (χ4v) is 3.32. The number of carbonyl (C=O) groups is 2. The highest BCUT2D eigenvalue weighted by Gasteiger charge is 2.47. The van der Waals surface area contributed by atoms with Gasteiger partial charge in [-0.25, -0.2) is 14.6 Å². The van der Waals surface area contributed by atoms with Gasteiger partial charge in [-0.1, -0.05) is 0 Å². The lowest BCUT2D eigenvalue weighted by atomic mass is 9.95. The van der Waals surface area contributed by atoms with Crippen molar-refractivity contribution in [3.8, 4) is 0 Å². The van der Waals surface area contributed by atoms with Gasteiger partial charge in [-0.3, -0.25) is 4.90 Å². The molecule has 3 rings (SSSR count). The Bertz CT molecular complexity index is 685. The number of hydrogen-bond acceptors (Lipinski definition) is 6. The maximum absolute atomic E-state index is 12.4. The molecule has 1 aromatic heterocycles. The van der Waals surface area contributed by atoms with Crippen LogP contribution in [0.2, 0.25) is 0 Å². The van der Waals surface area contributed by atoms with Crippen molar-refractivity contribution in [1.82, 2.24) is 9.88 Å². The number of nitrogen functional groups attached to an aromatic ring is 1. The average molecular weight is 362 g/mol. The molecule has 2 aliphatic rings. The van der Waals surface area contributed by atoms with Crippen LogP contribution in [0.15, 0.2) is 18.3 Å². The van der Waals surface area contributed by atoms with Crippen molar-refractivity contribution >= 4 is 23.7 Å². The SMILES string of the molecule is CC(C)(C)OC(=O)N1CCC[C@]2(CC1)CN(c1ccc(N)nc1)C(=O)O2. The van der Waals surface area contributed by atoms with Crippen LogP contribution in [0, 0.1) is 0 Å². The number of ether oxygens (including phenoxy) is 2. The third-order valence-corrected chi connectivity index (χ3v) is 4.60. The Morgan fingerprint density at radius 1 is 1.31 bits per heavy atom. The highest BCUT2D eigenvalue weighted by Crippen LogP contribution is 2.35. The number of nitrogens with two attached hydrogens (primary N) is 1. The number of anilines is 2. The van der Waals surface area contributed by atoms with Crippen molar-refractivity contribution in [2.45, 2.75) is 51.2 Å². The Balaban J connectivity index is 1.67. The number of rotatable bonds is 1. The minimum Gasteiger partial charge on any atom is -0.444 e. The summed E-state index contributed by atoms with van der Waals surface area (Å²) < 4.78 is 11.2. The summed E-state index contributed by atoms with van der Waals surface area (Å²) in [5.41, 5.74) is 5.15. The molecule has 0 bridgehead atoms. The summed E-state index contributed by atoms with van der Waals surface area (Å²) in [5, 5.41) is 0. The van der Waals surface area contributed by atoms with Crippen LogP contribution in [0.5, 0.6) is 0 Å². The molecule has 2 N–H and O–H groups in total. The van der Waals surface area contributed by atoms with Gasteiger partial charge in [0.15, 0.2) is 0 Å². The molecule has 26 heavy (non-hydrogen) atoms. The van der Waals surface area contributed by atoms with Gasteiger partial charge in [0.1, 0.15) is 17.0 Å². The minimum absolute atomic E-state index is 0.321. The summed E-state index contributed by atoms with van der Waals surface area (Å²) in [6, 6.07) is 3.41. The van der Waals surface area contributed by atoms with Gasteiger partial charge in [-0.05, 0) is 45.7 Å². The zero-order valence-corrected chi connectivity index (χ0v) is 15.5. The number of nitrogens with zero attached hydrogens (tertiary/aromatic N) is 3. The quantitative estimate of drug-likeness (QED) is 0.825. The molecule has 142 valence electrons. The standard InChI is InChI=1S/C18H26N4O4/c1-17(2,3)25-15(23)21-9-4-7-18(8-10-21)12-22(16(24)26-18)13-5-6-14(19)20-11-13/h5-6,11H,4,7-10,12H2,1-3H3,(H2,19,20)/t18-/m0/s1. The normalized spacial score (nSPS) is 23.7.